The summed E-state index contributed by atoms with van der Waals surface area (Å²) in [6, 6.07) is 9.15. The predicted octanol–water partition coefficient (Wildman–Crippen LogP) is 5.08. The molecule has 1 atom stereocenters. The minimum absolute atomic E-state index is 0.249. The molecule has 0 saturated heterocycles. The van der Waals surface area contributed by atoms with Gasteiger partial charge in [-0.25, -0.2) is 0 Å². The molecule has 21 heavy (non-hydrogen) atoms. The standard InChI is InChI=1S/C19H27NO/c1-7-13-14-10-8-9-11-15(14)21-16(13)12(2)20-17-18(3,4)19(17,5)6/h8-12,17,20H,7H2,1-6H3. The van der Waals surface area contributed by atoms with E-state index in [9.17, 15) is 0 Å². The molecule has 1 aromatic carbocycles. The Morgan fingerprint density at radius 2 is 1.76 bits per heavy atom. The predicted molar refractivity (Wildman–Crippen MR) is 88.5 cm³/mol. The summed E-state index contributed by atoms with van der Waals surface area (Å²) < 4.78 is 6.15. The van der Waals surface area contributed by atoms with E-state index < -0.39 is 0 Å². The molecule has 1 fully saturated rings. The van der Waals surface area contributed by atoms with Gasteiger partial charge >= 0.3 is 0 Å². The molecule has 0 amide bonds. The van der Waals surface area contributed by atoms with Gasteiger partial charge in [0, 0.05) is 17.0 Å². The van der Waals surface area contributed by atoms with Crippen molar-refractivity contribution < 1.29 is 4.42 Å². The number of rotatable bonds is 4. The van der Waals surface area contributed by atoms with E-state index in [4.69, 9.17) is 4.42 Å². The largest absolute Gasteiger partial charge is 0.459 e. The van der Waals surface area contributed by atoms with Gasteiger partial charge in [-0.15, -0.1) is 0 Å². The van der Waals surface area contributed by atoms with Gasteiger partial charge in [0.15, 0.2) is 0 Å². The highest BCUT2D eigenvalue weighted by Gasteiger charge is 2.64. The first-order chi connectivity index (χ1) is 9.80. The third-order valence-corrected chi connectivity index (χ3v) is 5.91. The van der Waals surface area contributed by atoms with Gasteiger partial charge in [-0.1, -0.05) is 52.8 Å². The van der Waals surface area contributed by atoms with Crippen LogP contribution in [-0.4, -0.2) is 6.04 Å². The minimum atomic E-state index is 0.249. The second-order valence-corrected chi connectivity index (χ2v) is 7.56. The maximum absolute atomic E-state index is 6.15. The van der Waals surface area contributed by atoms with Crippen LogP contribution in [0.25, 0.3) is 11.0 Å². The van der Waals surface area contributed by atoms with Gasteiger partial charge in [-0.3, -0.25) is 0 Å². The van der Waals surface area contributed by atoms with Gasteiger partial charge in [0.25, 0.3) is 0 Å². The van der Waals surface area contributed by atoms with Crippen LogP contribution in [0, 0.1) is 10.8 Å². The Morgan fingerprint density at radius 1 is 1.14 bits per heavy atom. The van der Waals surface area contributed by atoms with E-state index in [2.05, 4.69) is 65.1 Å². The van der Waals surface area contributed by atoms with E-state index in [1.807, 2.05) is 6.07 Å². The summed E-state index contributed by atoms with van der Waals surface area (Å²) in [5, 5.41) is 5.05. The van der Waals surface area contributed by atoms with Crippen LogP contribution in [-0.2, 0) is 6.42 Å². The molecule has 1 aliphatic rings. The monoisotopic (exact) mass is 285 g/mol. The van der Waals surface area contributed by atoms with Crippen molar-refractivity contribution in [1.82, 2.24) is 5.32 Å². The SMILES string of the molecule is CCc1c(C(C)NC2C(C)(C)C2(C)C)oc2ccccc12. The van der Waals surface area contributed by atoms with Crippen molar-refractivity contribution in [2.45, 2.75) is 60.0 Å². The smallest absolute Gasteiger partial charge is 0.134 e. The van der Waals surface area contributed by atoms with Gasteiger partial charge in [0.2, 0.25) is 0 Å². The van der Waals surface area contributed by atoms with Gasteiger partial charge in [-0.05, 0) is 30.2 Å². The quantitative estimate of drug-likeness (QED) is 0.847. The molecular weight excluding hydrogens is 258 g/mol. The number of para-hydroxylation sites is 1. The van der Waals surface area contributed by atoms with Crippen molar-refractivity contribution in [2.24, 2.45) is 10.8 Å². The summed E-state index contributed by atoms with van der Waals surface area (Å²) in [5.41, 5.74) is 3.05. The summed E-state index contributed by atoms with van der Waals surface area (Å²) in [4.78, 5) is 0. The Labute approximate surface area is 127 Å². The number of aryl methyl sites for hydroxylation is 1. The zero-order valence-corrected chi connectivity index (χ0v) is 14.1. The Morgan fingerprint density at radius 3 is 2.33 bits per heavy atom. The fourth-order valence-electron chi connectivity index (χ4n) is 3.77. The van der Waals surface area contributed by atoms with Crippen LogP contribution >= 0.6 is 0 Å². The molecule has 1 aliphatic carbocycles. The zero-order chi connectivity index (χ0) is 15.4. The fraction of sp³-hybridized carbons (Fsp3) is 0.579. The molecule has 2 nitrogen and oxygen atoms in total. The third kappa shape index (κ3) is 2.03. The lowest BCUT2D eigenvalue weighted by molar-refractivity contribution is 0.418. The van der Waals surface area contributed by atoms with Crippen molar-refractivity contribution in [3.8, 4) is 0 Å². The van der Waals surface area contributed by atoms with Gasteiger partial charge in [0.05, 0.1) is 6.04 Å². The molecule has 1 saturated carbocycles. The summed E-state index contributed by atoms with van der Waals surface area (Å²) >= 11 is 0. The van der Waals surface area contributed by atoms with Crippen molar-refractivity contribution in [1.29, 1.82) is 0 Å². The third-order valence-electron chi connectivity index (χ3n) is 5.91. The van der Waals surface area contributed by atoms with E-state index >= 15 is 0 Å². The van der Waals surface area contributed by atoms with Crippen LogP contribution in [0.5, 0.6) is 0 Å². The lowest BCUT2D eigenvalue weighted by Gasteiger charge is -2.15. The molecule has 0 spiro atoms. The molecule has 0 bridgehead atoms. The van der Waals surface area contributed by atoms with Crippen LogP contribution < -0.4 is 5.32 Å². The van der Waals surface area contributed by atoms with Crippen LogP contribution in [0.3, 0.4) is 0 Å². The van der Waals surface area contributed by atoms with Crippen molar-refractivity contribution in [3.05, 3.63) is 35.6 Å². The summed E-state index contributed by atoms with van der Waals surface area (Å²) in [5.74, 6) is 1.11. The molecule has 1 aromatic heterocycles. The highest BCUT2D eigenvalue weighted by atomic mass is 16.3. The van der Waals surface area contributed by atoms with Crippen molar-refractivity contribution in [3.63, 3.8) is 0 Å². The maximum Gasteiger partial charge on any atom is 0.134 e. The second kappa shape index (κ2) is 4.61. The normalized spacial score (nSPS) is 21.6. The number of benzene rings is 1. The highest BCUT2D eigenvalue weighted by Crippen LogP contribution is 2.63. The average molecular weight is 285 g/mol. The van der Waals surface area contributed by atoms with Crippen LogP contribution in [0.2, 0.25) is 0 Å². The molecular formula is C19H27NO. The number of nitrogens with one attached hydrogen (secondary N) is 1. The molecule has 1 N–H and O–H groups in total. The number of hydrogen-bond acceptors (Lipinski definition) is 2. The lowest BCUT2D eigenvalue weighted by atomic mass is 10.0. The summed E-state index contributed by atoms with van der Waals surface area (Å²) in [7, 11) is 0. The van der Waals surface area contributed by atoms with Gasteiger partial charge in [-0.2, -0.15) is 0 Å². The van der Waals surface area contributed by atoms with E-state index in [-0.39, 0.29) is 6.04 Å². The highest BCUT2D eigenvalue weighted by molar-refractivity contribution is 5.82. The molecule has 0 aliphatic heterocycles. The molecule has 3 rings (SSSR count). The molecule has 1 unspecified atom stereocenters. The Kier molecular flexibility index (Phi) is 3.21. The van der Waals surface area contributed by atoms with Crippen LogP contribution in [0.1, 0.15) is 58.9 Å². The average Bonchev–Trinajstić information content (AvgIpc) is 2.78. The lowest BCUT2D eigenvalue weighted by Crippen LogP contribution is -2.26. The minimum Gasteiger partial charge on any atom is -0.459 e. The number of hydrogen-bond donors (Lipinski definition) is 1. The van der Waals surface area contributed by atoms with E-state index in [1.165, 1.54) is 10.9 Å². The molecule has 2 heteroatoms. The first-order valence-electron chi connectivity index (χ1n) is 8.07. The second-order valence-electron chi connectivity index (χ2n) is 7.56. The Hall–Kier alpha value is -1.28. The molecule has 1 heterocycles. The zero-order valence-electron chi connectivity index (χ0n) is 14.1. The summed E-state index contributed by atoms with van der Waals surface area (Å²) in [6.45, 7) is 13.8. The maximum atomic E-state index is 6.15. The van der Waals surface area contributed by atoms with Crippen molar-refractivity contribution >= 4 is 11.0 Å². The molecule has 2 aromatic rings. The summed E-state index contributed by atoms with van der Waals surface area (Å²) in [6.07, 6.45) is 1.01. The Balaban J connectivity index is 1.90. The molecule has 0 radical (unpaired) electrons. The first-order valence-corrected chi connectivity index (χ1v) is 8.07. The van der Waals surface area contributed by atoms with Crippen molar-refractivity contribution in [2.75, 3.05) is 0 Å². The van der Waals surface area contributed by atoms with Gasteiger partial charge in [0.1, 0.15) is 11.3 Å². The van der Waals surface area contributed by atoms with Crippen LogP contribution in [0.4, 0.5) is 0 Å². The number of fused-ring (bicyclic) bond motifs is 1. The topological polar surface area (TPSA) is 25.2 Å². The van der Waals surface area contributed by atoms with Crippen LogP contribution in [0.15, 0.2) is 28.7 Å². The van der Waals surface area contributed by atoms with E-state index in [0.717, 1.165) is 17.8 Å². The van der Waals surface area contributed by atoms with Gasteiger partial charge < -0.3 is 9.73 Å². The number of furan rings is 1. The fourth-order valence-corrected chi connectivity index (χ4v) is 3.77. The Bertz CT molecular complexity index is 651. The van der Waals surface area contributed by atoms with E-state index in [0.29, 0.717) is 16.9 Å². The first kappa shape index (κ1) is 14.6. The molecule has 114 valence electrons. The van der Waals surface area contributed by atoms with E-state index in [1.54, 1.807) is 0 Å².